The highest BCUT2D eigenvalue weighted by Crippen LogP contribution is 2.68. The zero-order valence-electron chi connectivity index (χ0n) is 30.1. The Morgan fingerprint density at radius 3 is 2.15 bits per heavy atom. The number of phosphoric acid groups is 1. The molecule has 0 unspecified atom stereocenters. The Morgan fingerprint density at radius 2 is 1.52 bits per heavy atom. The number of unbranched alkanes of at least 4 members (excludes halogenated alkanes) is 1. The molecule has 0 heterocycles. The smallest absolute Gasteiger partial charge is 0.393 e. The van der Waals surface area contributed by atoms with Gasteiger partial charge in [0.1, 0.15) is 0 Å². The third kappa shape index (κ3) is 11.7. The van der Waals surface area contributed by atoms with Gasteiger partial charge < -0.3 is 36.2 Å². The second kappa shape index (κ2) is 18.0. The fraction of sp³-hybridized carbons (Fsp3) is 1.00. The number of nitrogens with one attached hydrogen (secondary N) is 2. The van der Waals surface area contributed by atoms with Crippen LogP contribution >= 0.6 is 7.82 Å². The lowest BCUT2D eigenvalue weighted by molar-refractivity contribution is -0.167. The van der Waals surface area contributed by atoms with Crippen LogP contribution in [0.15, 0.2) is 0 Å². The van der Waals surface area contributed by atoms with E-state index in [9.17, 15) is 18.1 Å². The molecule has 11 atom stereocenters. The highest BCUT2D eigenvalue weighted by molar-refractivity contribution is 7.80. The van der Waals surface area contributed by atoms with Crippen LogP contribution in [-0.2, 0) is 19.1 Å². The van der Waals surface area contributed by atoms with Gasteiger partial charge in [0.15, 0.2) is 0 Å². The Kier molecular flexibility index (Phi) is 15.9. The van der Waals surface area contributed by atoms with Crippen LogP contribution in [0.4, 0.5) is 0 Å². The van der Waals surface area contributed by atoms with Crippen molar-refractivity contribution in [2.45, 2.75) is 136 Å². The molecule has 4 saturated carbocycles. The second-order valence-electron chi connectivity index (χ2n) is 16.4. The van der Waals surface area contributed by atoms with Gasteiger partial charge in [-0.25, -0.2) is 8.75 Å². The van der Waals surface area contributed by atoms with E-state index in [0.717, 1.165) is 58.3 Å². The van der Waals surface area contributed by atoms with Crippen molar-refractivity contribution in [2.24, 2.45) is 58.0 Å². The van der Waals surface area contributed by atoms with Gasteiger partial charge in [0.25, 0.3) is 0 Å². The Morgan fingerprint density at radius 1 is 0.896 bits per heavy atom. The zero-order chi connectivity index (χ0) is 35.9. The minimum absolute atomic E-state index is 0.0152. The van der Waals surface area contributed by atoms with Crippen molar-refractivity contribution in [3.05, 3.63) is 0 Å². The molecule has 284 valence electrons. The van der Waals surface area contributed by atoms with E-state index in [4.69, 9.17) is 29.2 Å². The fourth-order valence-corrected chi connectivity index (χ4v) is 11.3. The van der Waals surface area contributed by atoms with Gasteiger partial charge in [-0.3, -0.25) is 4.55 Å². The van der Waals surface area contributed by atoms with Crippen LogP contribution in [0.1, 0.15) is 118 Å². The van der Waals surface area contributed by atoms with E-state index < -0.39 is 24.3 Å². The van der Waals surface area contributed by atoms with Crippen LogP contribution in [0.3, 0.4) is 0 Å². The van der Waals surface area contributed by atoms with Crippen LogP contribution in [0, 0.1) is 52.3 Å². The molecule has 0 aromatic heterocycles. The molecule has 48 heavy (non-hydrogen) atoms. The minimum Gasteiger partial charge on any atom is -0.393 e. The maximum absolute atomic E-state index is 11.8. The lowest BCUT2D eigenvalue weighted by Gasteiger charge is -2.62. The van der Waals surface area contributed by atoms with E-state index in [1.165, 1.54) is 44.9 Å². The summed E-state index contributed by atoms with van der Waals surface area (Å²) in [6.45, 7) is 15.3. The first kappa shape index (κ1) is 42.2. The average molecular weight is 726 g/mol. The van der Waals surface area contributed by atoms with Gasteiger partial charge in [-0.15, -0.1) is 0 Å². The van der Waals surface area contributed by atoms with Crippen LogP contribution < -0.4 is 16.4 Å². The number of aliphatic hydroxyl groups is 1. The van der Waals surface area contributed by atoms with E-state index >= 15 is 0 Å². The third-order valence-electron chi connectivity index (χ3n) is 13.1. The molecule has 0 saturated heterocycles. The highest BCUT2D eigenvalue weighted by Gasteiger charge is 2.62. The Hall–Kier alpha value is -0.180. The quantitative estimate of drug-likeness (QED) is 0.0622. The van der Waals surface area contributed by atoms with Crippen molar-refractivity contribution in [1.82, 2.24) is 10.6 Å². The van der Waals surface area contributed by atoms with Crippen molar-refractivity contribution < 1.29 is 41.5 Å². The molecule has 0 aromatic carbocycles. The van der Waals surface area contributed by atoms with E-state index in [2.05, 4.69) is 31.4 Å². The average Bonchev–Trinajstić information content (AvgIpc) is 3.32. The summed E-state index contributed by atoms with van der Waals surface area (Å²) in [4.78, 5) is 21.6. The van der Waals surface area contributed by atoms with Gasteiger partial charge in [-0.1, -0.05) is 34.6 Å². The summed E-state index contributed by atoms with van der Waals surface area (Å²) < 4.78 is 46.0. The molecule has 0 bridgehead atoms. The molecular formula is C34H68N3O9PS. The molecule has 14 heteroatoms. The van der Waals surface area contributed by atoms with Gasteiger partial charge in [0.2, 0.25) is 0 Å². The minimum atomic E-state index is -4.64. The third-order valence-corrected chi connectivity index (χ3v) is 13.6. The largest absolute Gasteiger partial charge is 0.466 e. The first-order valence-electron chi connectivity index (χ1n) is 18.6. The van der Waals surface area contributed by atoms with Crippen molar-refractivity contribution in [1.29, 1.82) is 0 Å². The maximum Gasteiger partial charge on any atom is 0.466 e. The summed E-state index contributed by atoms with van der Waals surface area (Å²) in [6, 6.07) is 0.573. The van der Waals surface area contributed by atoms with Gasteiger partial charge in [0, 0.05) is 6.04 Å². The zero-order valence-corrected chi connectivity index (χ0v) is 31.8. The van der Waals surface area contributed by atoms with Gasteiger partial charge in [-0.2, -0.15) is 8.42 Å². The van der Waals surface area contributed by atoms with E-state index in [1.807, 2.05) is 13.8 Å². The molecule has 0 amide bonds. The van der Waals surface area contributed by atoms with E-state index in [-0.39, 0.29) is 17.4 Å². The van der Waals surface area contributed by atoms with Gasteiger partial charge >= 0.3 is 18.2 Å². The molecule has 4 aliphatic carbocycles. The normalized spacial score (nSPS) is 36.4. The summed E-state index contributed by atoms with van der Waals surface area (Å²) in [5.41, 5.74) is 6.13. The number of nitrogens with two attached hydrogens (primary N) is 1. The molecule has 0 spiro atoms. The summed E-state index contributed by atoms with van der Waals surface area (Å²) in [5, 5.41) is 19.2. The monoisotopic (exact) mass is 725 g/mol. The van der Waals surface area contributed by atoms with Crippen molar-refractivity contribution in [2.75, 3.05) is 26.2 Å². The van der Waals surface area contributed by atoms with Crippen LogP contribution in [0.25, 0.3) is 0 Å². The molecule has 0 aliphatic heterocycles. The van der Waals surface area contributed by atoms with Crippen molar-refractivity contribution in [3.63, 3.8) is 0 Å². The van der Waals surface area contributed by atoms with E-state index in [0.29, 0.717) is 53.4 Å². The highest BCUT2D eigenvalue weighted by atomic mass is 32.3. The number of hydrogen-bond donors (Lipinski definition) is 8. The molecule has 12 nitrogen and oxygen atoms in total. The predicted octanol–water partition coefficient (Wildman–Crippen LogP) is 4.62. The standard InChI is InChI=1S/C34H65N3O5S.H3O4P/c1-23(2)31(42-43(39,40)41)12-9-24(3)27-10-11-28-32-29(14-16-34(27,28)5)33(4)15-13-26(21-25(33)22-30(32)38)37-20-8-19-36-18-7-6-17-35;1-5(2,3)4/h23-32,36-38H,6-22,35H2,1-5H3,(H,39,40,41);(H3,1,2,3,4)/t24-,25-,26+,27-,28+,29+,30-,31-,32+,33+,34-;/m1./s1. The number of aliphatic hydroxyl groups excluding tert-OH is 1. The molecular weight excluding hydrogens is 657 g/mol. The molecule has 0 radical (unpaired) electrons. The van der Waals surface area contributed by atoms with Crippen LogP contribution in [0.5, 0.6) is 0 Å². The molecule has 4 fully saturated rings. The first-order valence-corrected chi connectivity index (χ1v) is 21.5. The lowest BCUT2D eigenvalue weighted by Crippen LogP contribution is -2.59. The SMILES string of the molecule is CC(C)[C@@H](CC[C@@H](C)[C@H]1CC[C@H]2[C@@H]3[C@H](O)C[C@H]4C[C@@H](NCCCNCCCCN)CC[C@]4(C)[C@H]3CC[C@]12C)OS(=O)(=O)O.O=P(O)(O)O. The Bertz CT molecular complexity index is 1130. The number of fused-ring (bicyclic) bond motifs is 5. The Labute approximate surface area is 290 Å². The van der Waals surface area contributed by atoms with Crippen molar-refractivity contribution >= 4 is 18.2 Å². The van der Waals surface area contributed by atoms with Crippen LogP contribution in [-0.4, -0.2) is 77.2 Å². The molecule has 4 aliphatic rings. The molecule has 9 N–H and O–H groups in total. The summed E-state index contributed by atoms with van der Waals surface area (Å²) in [5.74, 6) is 3.21. The Balaban J connectivity index is 0.00000116. The fourth-order valence-electron chi connectivity index (χ4n) is 10.7. The predicted molar refractivity (Wildman–Crippen MR) is 188 cm³/mol. The number of rotatable bonds is 16. The summed E-state index contributed by atoms with van der Waals surface area (Å²) >= 11 is 0. The summed E-state index contributed by atoms with van der Waals surface area (Å²) in [6.07, 6.45) is 13.7. The van der Waals surface area contributed by atoms with Gasteiger partial charge in [0.05, 0.1) is 12.2 Å². The first-order chi connectivity index (χ1) is 22.3. The lowest BCUT2D eigenvalue weighted by atomic mass is 9.43. The molecule has 4 rings (SSSR count). The summed E-state index contributed by atoms with van der Waals surface area (Å²) in [7, 11) is -9.09. The topological polar surface area (TPSA) is 212 Å². The van der Waals surface area contributed by atoms with E-state index in [1.54, 1.807) is 0 Å². The second-order valence-corrected chi connectivity index (χ2v) is 18.5. The van der Waals surface area contributed by atoms with Crippen molar-refractivity contribution in [3.8, 4) is 0 Å². The maximum atomic E-state index is 11.8. The molecule has 0 aromatic rings. The van der Waals surface area contributed by atoms with Gasteiger partial charge in [-0.05, 0) is 162 Å². The van der Waals surface area contributed by atoms with Crippen LogP contribution in [0.2, 0.25) is 0 Å². The number of hydrogen-bond acceptors (Lipinski definition) is 8.